The maximum atomic E-state index is 12.4. The highest BCUT2D eigenvalue weighted by molar-refractivity contribution is 5.91. The molecule has 0 radical (unpaired) electrons. The van der Waals surface area contributed by atoms with Gasteiger partial charge in [-0.2, -0.15) is 5.10 Å². The molecule has 2 heterocycles. The van der Waals surface area contributed by atoms with Crippen molar-refractivity contribution in [1.29, 1.82) is 0 Å². The molecule has 0 aliphatic carbocycles. The quantitative estimate of drug-likeness (QED) is 0.889. The molecule has 130 valence electrons. The van der Waals surface area contributed by atoms with E-state index in [1.165, 1.54) is 0 Å². The van der Waals surface area contributed by atoms with Crippen molar-refractivity contribution in [1.82, 2.24) is 14.7 Å². The third-order valence-electron chi connectivity index (χ3n) is 4.34. The van der Waals surface area contributed by atoms with Crippen molar-refractivity contribution in [3.8, 4) is 0 Å². The Hall–Kier alpha value is -1.40. The molecular weight excluding hydrogens is 292 g/mol. The Bertz CT molecular complexity index is 561. The second-order valence-corrected chi connectivity index (χ2v) is 8.08. The van der Waals surface area contributed by atoms with E-state index >= 15 is 0 Å². The fourth-order valence-electron chi connectivity index (χ4n) is 3.18. The summed E-state index contributed by atoms with van der Waals surface area (Å²) in [6.45, 7) is 12.4. The number of aliphatic hydroxyl groups is 1. The summed E-state index contributed by atoms with van der Waals surface area (Å²) in [5.74, 6) is 0.708. The van der Waals surface area contributed by atoms with Gasteiger partial charge in [0.05, 0.1) is 17.8 Å². The van der Waals surface area contributed by atoms with E-state index in [-0.39, 0.29) is 23.5 Å². The third kappa shape index (κ3) is 4.54. The Morgan fingerprint density at radius 2 is 2.17 bits per heavy atom. The van der Waals surface area contributed by atoms with Crippen LogP contribution in [-0.4, -0.2) is 51.9 Å². The van der Waals surface area contributed by atoms with Gasteiger partial charge >= 0.3 is 0 Å². The van der Waals surface area contributed by atoms with Gasteiger partial charge in [-0.3, -0.25) is 9.69 Å². The standard InChI is InChI=1S/C17H30N4O2/c1-13-9-14(21(19-13)16(2,3)4)18-15(23)10-20-8-6-7-17(5,11-20)12-22/h9,22H,6-8,10-12H2,1-5H3,(H,18,23). The first-order chi connectivity index (χ1) is 10.6. The van der Waals surface area contributed by atoms with Crippen molar-refractivity contribution >= 4 is 11.7 Å². The fourth-order valence-corrected chi connectivity index (χ4v) is 3.18. The van der Waals surface area contributed by atoms with E-state index in [0.29, 0.717) is 6.54 Å². The maximum absolute atomic E-state index is 12.4. The Balaban J connectivity index is 2.00. The second-order valence-electron chi connectivity index (χ2n) is 8.08. The maximum Gasteiger partial charge on any atom is 0.239 e. The van der Waals surface area contributed by atoms with Crippen molar-refractivity contribution in [3.05, 3.63) is 11.8 Å². The number of hydrogen-bond acceptors (Lipinski definition) is 4. The van der Waals surface area contributed by atoms with Crippen LogP contribution in [0, 0.1) is 12.3 Å². The molecule has 1 fully saturated rings. The van der Waals surface area contributed by atoms with Gasteiger partial charge in [0, 0.05) is 24.6 Å². The zero-order chi connectivity index (χ0) is 17.3. The third-order valence-corrected chi connectivity index (χ3v) is 4.34. The molecule has 1 atom stereocenters. The normalized spacial score (nSPS) is 23.0. The summed E-state index contributed by atoms with van der Waals surface area (Å²) in [4.78, 5) is 14.5. The zero-order valence-corrected chi connectivity index (χ0v) is 15.0. The summed E-state index contributed by atoms with van der Waals surface area (Å²) in [7, 11) is 0. The molecule has 1 aliphatic heterocycles. The molecule has 1 aromatic heterocycles. The molecule has 1 aliphatic rings. The predicted octanol–water partition coefficient (Wildman–Crippen LogP) is 1.98. The van der Waals surface area contributed by atoms with E-state index in [9.17, 15) is 9.90 Å². The van der Waals surface area contributed by atoms with Crippen LogP contribution in [0.4, 0.5) is 5.82 Å². The highest BCUT2D eigenvalue weighted by Gasteiger charge is 2.31. The molecule has 6 heteroatoms. The molecule has 0 bridgehead atoms. The lowest BCUT2D eigenvalue weighted by molar-refractivity contribution is -0.118. The summed E-state index contributed by atoms with van der Waals surface area (Å²) < 4.78 is 1.86. The van der Waals surface area contributed by atoms with E-state index in [0.717, 1.165) is 37.4 Å². The number of aliphatic hydroxyl groups excluding tert-OH is 1. The average Bonchev–Trinajstić information content (AvgIpc) is 2.79. The molecule has 0 saturated carbocycles. The van der Waals surface area contributed by atoms with E-state index in [1.54, 1.807) is 0 Å². The summed E-state index contributed by atoms with van der Waals surface area (Å²) in [5, 5.41) is 17.0. The van der Waals surface area contributed by atoms with Crippen LogP contribution in [0.5, 0.6) is 0 Å². The van der Waals surface area contributed by atoms with Gasteiger partial charge in [0.1, 0.15) is 5.82 Å². The van der Waals surface area contributed by atoms with Crippen molar-refractivity contribution in [3.63, 3.8) is 0 Å². The number of amides is 1. The number of nitrogens with zero attached hydrogens (tertiary/aromatic N) is 3. The van der Waals surface area contributed by atoms with Gasteiger partial charge in [-0.1, -0.05) is 6.92 Å². The first kappa shape index (κ1) is 17.9. The number of anilines is 1. The minimum atomic E-state index is -0.183. The summed E-state index contributed by atoms with van der Waals surface area (Å²) in [5.41, 5.74) is 0.612. The van der Waals surface area contributed by atoms with Gasteiger partial charge in [0.25, 0.3) is 0 Å². The minimum Gasteiger partial charge on any atom is -0.396 e. The molecular formula is C17H30N4O2. The number of piperidine rings is 1. The van der Waals surface area contributed by atoms with Gasteiger partial charge < -0.3 is 10.4 Å². The van der Waals surface area contributed by atoms with Crippen LogP contribution in [0.1, 0.15) is 46.2 Å². The molecule has 23 heavy (non-hydrogen) atoms. The first-order valence-electron chi connectivity index (χ1n) is 8.33. The fraction of sp³-hybridized carbons (Fsp3) is 0.765. The molecule has 1 amide bonds. The molecule has 1 aromatic rings. The Labute approximate surface area is 138 Å². The molecule has 1 unspecified atom stereocenters. The monoisotopic (exact) mass is 322 g/mol. The number of aromatic nitrogens is 2. The SMILES string of the molecule is Cc1cc(NC(=O)CN2CCCC(C)(CO)C2)n(C(C)(C)C)n1. The van der Waals surface area contributed by atoms with E-state index < -0.39 is 0 Å². The van der Waals surface area contributed by atoms with E-state index in [1.807, 2.05) is 17.7 Å². The van der Waals surface area contributed by atoms with Gasteiger partial charge in [-0.15, -0.1) is 0 Å². The second kappa shape index (κ2) is 6.61. The summed E-state index contributed by atoms with van der Waals surface area (Å²) in [6, 6.07) is 1.90. The van der Waals surface area contributed by atoms with Crippen molar-refractivity contribution in [2.24, 2.45) is 5.41 Å². The average molecular weight is 322 g/mol. The van der Waals surface area contributed by atoms with Gasteiger partial charge in [0.2, 0.25) is 5.91 Å². The van der Waals surface area contributed by atoms with Crippen LogP contribution < -0.4 is 5.32 Å². The minimum absolute atomic E-state index is 0.0300. The number of likely N-dealkylation sites (tertiary alicyclic amines) is 1. The predicted molar refractivity (Wildman–Crippen MR) is 91.5 cm³/mol. The molecule has 6 nitrogen and oxygen atoms in total. The number of rotatable bonds is 4. The number of carbonyl (C=O) groups is 1. The van der Waals surface area contributed by atoms with Crippen LogP contribution >= 0.6 is 0 Å². The number of nitrogens with one attached hydrogen (secondary N) is 1. The Morgan fingerprint density at radius 1 is 1.48 bits per heavy atom. The lowest BCUT2D eigenvalue weighted by Crippen LogP contribution is -2.46. The van der Waals surface area contributed by atoms with Crippen molar-refractivity contribution < 1.29 is 9.90 Å². The van der Waals surface area contributed by atoms with Crippen LogP contribution in [0.15, 0.2) is 6.07 Å². The van der Waals surface area contributed by atoms with E-state index in [2.05, 4.69) is 43.0 Å². The van der Waals surface area contributed by atoms with Gasteiger partial charge in [-0.05, 0) is 47.1 Å². The van der Waals surface area contributed by atoms with Crippen LogP contribution in [0.3, 0.4) is 0 Å². The lowest BCUT2D eigenvalue weighted by Gasteiger charge is -2.38. The van der Waals surface area contributed by atoms with Crippen molar-refractivity contribution in [2.45, 2.75) is 53.0 Å². The zero-order valence-electron chi connectivity index (χ0n) is 15.0. The highest BCUT2D eigenvalue weighted by atomic mass is 16.3. The topological polar surface area (TPSA) is 70.4 Å². The Morgan fingerprint density at radius 3 is 2.78 bits per heavy atom. The lowest BCUT2D eigenvalue weighted by atomic mass is 9.83. The first-order valence-corrected chi connectivity index (χ1v) is 8.33. The van der Waals surface area contributed by atoms with Crippen LogP contribution in [0.2, 0.25) is 0 Å². The van der Waals surface area contributed by atoms with Gasteiger partial charge in [-0.25, -0.2) is 4.68 Å². The Kier molecular flexibility index (Phi) is 5.16. The molecule has 0 aromatic carbocycles. The number of aryl methyl sites for hydroxylation is 1. The number of hydrogen-bond donors (Lipinski definition) is 2. The summed E-state index contributed by atoms with van der Waals surface area (Å²) in [6.07, 6.45) is 2.03. The molecule has 1 saturated heterocycles. The highest BCUT2D eigenvalue weighted by Crippen LogP contribution is 2.28. The largest absolute Gasteiger partial charge is 0.396 e. The van der Waals surface area contributed by atoms with Gasteiger partial charge in [0.15, 0.2) is 0 Å². The molecule has 2 N–H and O–H groups in total. The van der Waals surface area contributed by atoms with Crippen LogP contribution in [-0.2, 0) is 10.3 Å². The van der Waals surface area contributed by atoms with Crippen LogP contribution in [0.25, 0.3) is 0 Å². The molecule has 0 spiro atoms. The molecule has 2 rings (SSSR count). The van der Waals surface area contributed by atoms with Crippen molar-refractivity contribution in [2.75, 3.05) is 31.6 Å². The summed E-state index contributed by atoms with van der Waals surface area (Å²) >= 11 is 0. The number of carbonyl (C=O) groups excluding carboxylic acids is 1. The smallest absolute Gasteiger partial charge is 0.239 e. The van der Waals surface area contributed by atoms with E-state index in [4.69, 9.17) is 0 Å².